The lowest BCUT2D eigenvalue weighted by atomic mass is 9.81. The maximum atomic E-state index is 14.0. The van der Waals surface area contributed by atoms with Crippen LogP contribution in [-0.2, 0) is 0 Å². The van der Waals surface area contributed by atoms with Gasteiger partial charge in [0.1, 0.15) is 9.98 Å². The predicted octanol–water partition coefficient (Wildman–Crippen LogP) is 8.67. The lowest BCUT2D eigenvalue weighted by molar-refractivity contribution is 0.0771. The van der Waals surface area contributed by atoms with E-state index in [2.05, 4.69) is 36.4 Å². The summed E-state index contributed by atoms with van der Waals surface area (Å²) in [6.45, 7) is 0. The highest BCUT2D eigenvalue weighted by Gasteiger charge is 2.38. The Morgan fingerprint density at radius 2 is 0.786 bits per heavy atom. The summed E-state index contributed by atoms with van der Waals surface area (Å²) in [5.41, 5.74) is 3.47. The summed E-state index contributed by atoms with van der Waals surface area (Å²) in [5.74, 6) is 0.0794. The molecule has 0 bridgehead atoms. The molecular formula is C36H30N2O2S2. The molecule has 9 rings (SSSR count). The van der Waals surface area contributed by atoms with Gasteiger partial charge in [0.2, 0.25) is 0 Å². The summed E-state index contributed by atoms with van der Waals surface area (Å²) >= 11 is 12.1. The van der Waals surface area contributed by atoms with Gasteiger partial charge in [-0.3, -0.25) is 19.4 Å². The largest absolute Gasteiger partial charge is 0.295 e. The zero-order valence-corrected chi connectivity index (χ0v) is 25.0. The van der Waals surface area contributed by atoms with Crippen LogP contribution in [0.25, 0.3) is 43.1 Å². The molecule has 0 unspecified atom stereocenters. The number of thiocarbonyl (C=S) groups is 2. The van der Waals surface area contributed by atoms with E-state index >= 15 is 0 Å². The quantitative estimate of drug-likeness (QED) is 0.118. The van der Waals surface area contributed by atoms with E-state index < -0.39 is 0 Å². The van der Waals surface area contributed by atoms with Crippen molar-refractivity contribution in [1.29, 1.82) is 0 Å². The minimum Gasteiger partial charge on any atom is -0.295 e. The topological polar surface area (TPSA) is 40.6 Å². The number of rotatable bonds is 2. The van der Waals surface area contributed by atoms with Gasteiger partial charge >= 0.3 is 0 Å². The second kappa shape index (κ2) is 9.01. The molecule has 2 heterocycles. The fraction of sp³-hybridized carbons (Fsp3) is 0.333. The smallest absolute Gasteiger partial charge is 0.259 e. The summed E-state index contributed by atoms with van der Waals surface area (Å²) in [6, 6.07) is 17.2. The van der Waals surface area contributed by atoms with Crippen molar-refractivity contribution in [3.63, 3.8) is 0 Å². The number of hydrogen-bond acceptors (Lipinski definition) is 4. The number of carbonyl (C=O) groups excluding carboxylic acids is 2. The molecule has 0 atom stereocenters. The first-order chi connectivity index (χ1) is 20.5. The number of amides is 2. The summed E-state index contributed by atoms with van der Waals surface area (Å²) in [5, 5.41) is 8.50. The minimum absolute atomic E-state index is 0.0397. The molecule has 2 fully saturated rings. The highest BCUT2D eigenvalue weighted by Crippen LogP contribution is 2.47. The molecule has 0 N–H and O–H groups in total. The van der Waals surface area contributed by atoms with E-state index in [0.717, 1.165) is 117 Å². The van der Waals surface area contributed by atoms with Crippen molar-refractivity contribution in [2.24, 2.45) is 0 Å². The first kappa shape index (κ1) is 25.1. The Kier molecular flexibility index (Phi) is 5.38. The minimum atomic E-state index is 0.0397. The number of carbonyl (C=O) groups is 2. The Labute approximate surface area is 255 Å². The average Bonchev–Trinajstić information content (AvgIpc) is 3.03. The third kappa shape index (κ3) is 3.17. The molecule has 208 valence electrons. The van der Waals surface area contributed by atoms with Crippen molar-refractivity contribution < 1.29 is 9.59 Å². The van der Waals surface area contributed by atoms with Gasteiger partial charge in [-0.15, -0.1) is 0 Å². The molecule has 2 saturated carbocycles. The van der Waals surface area contributed by atoms with Crippen molar-refractivity contribution in [1.82, 2.24) is 9.80 Å². The van der Waals surface area contributed by atoms with E-state index in [1.165, 1.54) is 12.8 Å². The zero-order valence-electron chi connectivity index (χ0n) is 23.4. The van der Waals surface area contributed by atoms with Gasteiger partial charge in [0.25, 0.3) is 11.8 Å². The van der Waals surface area contributed by atoms with E-state index in [-0.39, 0.29) is 23.9 Å². The standard InChI is InChI=1S/C36H30N2O2S2/c39-33-25-15-11-21-24-14-18-28-32-26(34(40)38(36(28)42)20-9-5-2-6-10-20)16-12-22(30(24)32)23-13-17-27(31(25)29(21)23)35(41)37(33)19-7-3-1-4-8-19/h11-20H,1-10H2. The third-order valence-corrected chi connectivity index (χ3v) is 11.4. The van der Waals surface area contributed by atoms with Gasteiger partial charge in [-0.25, -0.2) is 0 Å². The molecule has 0 radical (unpaired) electrons. The Hall–Kier alpha value is -3.48. The molecule has 2 aliphatic carbocycles. The maximum absolute atomic E-state index is 14.0. The Morgan fingerprint density at radius 1 is 0.452 bits per heavy atom. The van der Waals surface area contributed by atoms with Crippen LogP contribution in [0.5, 0.6) is 0 Å². The van der Waals surface area contributed by atoms with Crippen LogP contribution in [0.4, 0.5) is 0 Å². The molecule has 0 spiro atoms. The molecule has 2 aliphatic heterocycles. The molecule has 42 heavy (non-hydrogen) atoms. The fourth-order valence-corrected chi connectivity index (χ4v) is 9.45. The number of fused-ring (bicyclic) bond motifs is 2. The van der Waals surface area contributed by atoms with Crippen molar-refractivity contribution in [2.75, 3.05) is 0 Å². The van der Waals surface area contributed by atoms with E-state index in [9.17, 15) is 9.59 Å². The van der Waals surface area contributed by atoms with Gasteiger partial charge in [-0.1, -0.05) is 99.4 Å². The number of hydrogen-bond donors (Lipinski definition) is 0. The Morgan fingerprint density at radius 3 is 1.14 bits per heavy atom. The van der Waals surface area contributed by atoms with Gasteiger partial charge in [-0.05, 0) is 70.1 Å². The molecule has 4 aliphatic rings. The van der Waals surface area contributed by atoms with Crippen LogP contribution in [-0.4, -0.2) is 43.7 Å². The molecular weight excluding hydrogens is 557 g/mol. The second-order valence-corrected chi connectivity index (χ2v) is 13.5. The molecule has 2 amide bonds. The average molecular weight is 587 g/mol. The lowest BCUT2D eigenvalue weighted by Crippen LogP contribution is -2.47. The van der Waals surface area contributed by atoms with E-state index in [1.807, 2.05) is 21.9 Å². The molecule has 0 aromatic heterocycles. The molecule has 6 heteroatoms. The van der Waals surface area contributed by atoms with Crippen LogP contribution in [0.1, 0.15) is 96.1 Å². The fourth-order valence-electron chi connectivity index (χ4n) is 8.65. The van der Waals surface area contributed by atoms with E-state index in [0.29, 0.717) is 9.98 Å². The van der Waals surface area contributed by atoms with Crippen molar-refractivity contribution in [3.05, 3.63) is 70.8 Å². The van der Waals surface area contributed by atoms with Crippen LogP contribution in [0.15, 0.2) is 48.5 Å². The predicted molar refractivity (Wildman–Crippen MR) is 177 cm³/mol. The first-order valence-corrected chi connectivity index (χ1v) is 16.3. The third-order valence-electron chi connectivity index (χ3n) is 10.6. The van der Waals surface area contributed by atoms with Crippen molar-refractivity contribution in [2.45, 2.75) is 76.3 Å². The van der Waals surface area contributed by atoms with Crippen LogP contribution >= 0.6 is 24.4 Å². The van der Waals surface area contributed by atoms with Gasteiger partial charge < -0.3 is 0 Å². The monoisotopic (exact) mass is 586 g/mol. The second-order valence-electron chi connectivity index (χ2n) is 12.7. The molecule has 4 nitrogen and oxygen atoms in total. The van der Waals surface area contributed by atoms with Crippen LogP contribution in [0.2, 0.25) is 0 Å². The van der Waals surface area contributed by atoms with Crippen LogP contribution < -0.4 is 0 Å². The highest BCUT2D eigenvalue weighted by molar-refractivity contribution is 7.81. The molecule has 5 aromatic carbocycles. The van der Waals surface area contributed by atoms with Crippen molar-refractivity contribution >= 4 is 89.3 Å². The lowest BCUT2D eigenvalue weighted by Gasteiger charge is -2.38. The van der Waals surface area contributed by atoms with Gasteiger partial charge in [0.15, 0.2) is 0 Å². The summed E-state index contributed by atoms with van der Waals surface area (Å²) in [6.07, 6.45) is 11.1. The van der Waals surface area contributed by atoms with Crippen molar-refractivity contribution in [3.8, 4) is 0 Å². The molecule has 5 aromatic rings. The summed E-state index contributed by atoms with van der Waals surface area (Å²) < 4.78 is 0. The normalized spacial score (nSPS) is 20.3. The van der Waals surface area contributed by atoms with Crippen LogP contribution in [0.3, 0.4) is 0 Å². The SMILES string of the molecule is O=C1c2ccc3c4ccc5c6c(ccc(c7ccc(c2c37)C(=S)N1C1CCCCC1)c64)C(=O)N(C1CCCCC1)C5=S. The zero-order chi connectivity index (χ0) is 28.3. The number of nitrogens with zero attached hydrogens (tertiary/aromatic N) is 2. The van der Waals surface area contributed by atoms with E-state index in [4.69, 9.17) is 24.4 Å². The van der Waals surface area contributed by atoms with Gasteiger partial charge in [0, 0.05) is 45.1 Å². The summed E-state index contributed by atoms with van der Waals surface area (Å²) in [4.78, 5) is 33.2. The molecule has 0 saturated heterocycles. The van der Waals surface area contributed by atoms with Gasteiger partial charge in [0.05, 0.1) is 0 Å². The highest BCUT2D eigenvalue weighted by atomic mass is 32.1. The maximum Gasteiger partial charge on any atom is 0.259 e. The van der Waals surface area contributed by atoms with Crippen LogP contribution in [0, 0.1) is 0 Å². The Bertz CT molecular complexity index is 1780. The summed E-state index contributed by atoms with van der Waals surface area (Å²) in [7, 11) is 0. The first-order valence-electron chi connectivity index (χ1n) is 15.5. The van der Waals surface area contributed by atoms with E-state index in [1.54, 1.807) is 0 Å². The Balaban J connectivity index is 1.29. The van der Waals surface area contributed by atoms with Gasteiger partial charge in [-0.2, -0.15) is 0 Å². The number of benzene rings is 5.